The smallest absolute Gasteiger partial charge is 0.409 e. The molecule has 1 saturated heterocycles. The van der Waals surface area contributed by atoms with E-state index in [1.165, 1.54) is 4.90 Å². The van der Waals surface area contributed by atoms with Crippen molar-refractivity contribution < 1.29 is 19.1 Å². The zero-order valence-corrected chi connectivity index (χ0v) is 12.2. The predicted molar refractivity (Wildman–Crippen MR) is 73.1 cm³/mol. The Bertz CT molecular complexity index is 352. The van der Waals surface area contributed by atoms with Crippen LogP contribution in [-0.2, 0) is 14.3 Å². The molecule has 7 heteroatoms. The minimum atomic E-state index is -0.567. The van der Waals surface area contributed by atoms with Crippen molar-refractivity contribution in [3.05, 3.63) is 0 Å². The van der Waals surface area contributed by atoms with Crippen molar-refractivity contribution in [1.29, 1.82) is 0 Å². The number of nitrogens with zero attached hydrogens (tertiary/aromatic N) is 2. The van der Waals surface area contributed by atoms with E-state index in [0.717, 1.165) is 12.8 Å². The molecule has 1 fully saturated rings. The Labute approximate surface area is 119 Å². The summed E-state index contributed by atoms with van der Waals surface area (Å²) in [4.78, 5) is 38.0. The van der Waals surface area contributed by atoms with Crippen LogP contribution in [0.15, 0.2) is 0 Å². The standard InChI is InChI=1S/C13H23N3O4/c1-3-5-6-14-11(17)12(18)15-7-9-16(10-8-15)13(19)20-4-2/h3-10H2,1-2H3,(H,14,17). The van der Waals surface area contributed by atoms with Gasteiger partial charge in [0.15, 0.2) is 0 Å². The molecule has 0 saturated carbocycles. The zero-order chi connectivity index (χ0) is 15.0. The second-order valence-electron chi connectivity index (χ2n) is 4.59. The van der Waals surface area contributed by atoms with E-state index >= 15 is 0 Å². The van der Waals surface area contributed by atoms with Crippen molar-refractivity contribution in [3.8, 4) is 0 Å². The molecule has 0 unspecified atom stereocenters. The Kier molecular flexibility index (Phi) is 6.83. The topological polar surface area (TPSA) is 79.0 Å². The molecule has 114 valence electrons. The number of piperazine rings is 1. The first-order chi connectivity index (χ1) is 9.60. The van der Waals surface area contributed by atoms with Gasteiger partial charge in [-0.15, -0.1) is 0 Å². The van der Waals surface area contributed by atoms with Gasteiger partial charge < -0.3 is 19.9 Å². The van der Waals surface area contributed by atoms with Crippen molar-refractivity contribution >= 4 is 17.9 Å². The van der Waals surface area contributed by atoms with Crippen LogP contribution in [0, 0.1) is 0 Å². The van der Waals surface area contributed by atoms with Gasteiger partial charge in [0, 0.05) is 32.7 Å². The first-order valence-corrected chi connectivity index (χ1v) is 7.09. The summed E-state index contributed by atoms with van der Waals surface area (Å²) in [6.45, 7) is 6.12. The molecule has 0 atom stereocenters. The maximum absolute atomic E-state index is 11.9. The van der Waals surface area contributed by atoms with Crippen LogP contribution in [0.3, 0.4) is 0 Å². The van der Waals surface area contributed by atoms with E-state index in [1.807, 2.05) is 6.92 Å². The van der Waals surface area contributed by atoms with Crippen molar-refractivity contribution in [1.82, 2.24) is 15.1 Å². The molecule has 0 aliphatic carbocycles. The van der Waals surface area contributed by atoms with Crippen LogP contribution >= 0.6 is 0 Å². The second kappa shape index (κ2) is 8.39. The monoisotopic (exact) mass is 285 g/mol. The lowest BCUT2D eigenvalue weighted by molar-refractivity contribution is -0.146. The molecule has 1 heterocycles. The number of nitrogens with one attached hydrogen (secondary N) is 1. The molecule has 20 heavy (non-hydrogen) atoms. The number of amides is 3. The number of carbonyl (C=O) groups excluding carboxylic acids is 3. The highest BCUT2D eigenvalue weighted by Gasteiger charge is 2.27. The molecule has 1 aliphatic rings. The molecule has 7 nitrogen and oxygen atoms in total. The molecular formula is C13H23N3O4. The number of unbranched alkanes of at least 4 members (excludes halogenated alkanes) is 1. The number of rotatable bonds is 4. The summed E-state index contributed by atoms with van der Waals surface area (Å²) in [5, 5.41) is 2.60. The van der Waals surface area contributed by atoms with Crippen molar-refractivity contribution in [2.75, 3.05) is 39.3 Å². The number of carbonyl (C=O) groups is 3. The van der Waals surface area contributed by atoms with Gasteiger partial charge in [-0.05, 0) is 13.3 Å². The van der Waals surface area contributed by atoms with E-state index < -0.39 is 11.8 Å². The fraction of sp³-hybridized carbons (Fsp3) is 0.769. The second-order valence-corrected chi connectivity index (χ2v) is 4.59. The van der Waals surface area contributed by atoms with E-state index in [9.17, 15) is 14.4 Å². The van der Waals surface area contributed by atoms with Crippen molar-refractivity contribution in [3.63, 3.8) is 0 Å². The summed E-state index contributed by atoms with van der Waals surface area (Å²) in [5.41, 5.74) is 0. The quantitative estimate of drug-likeness (QED) is 0.591. The molecule has 1 rings (SSSR count). The molecule has 0 bridgehead atoms. The van der Waals surface area contributed by atoms with Gasteiger partial charge in [0.1, 0.15) is 0 Å². The van der Waals surface area contributed by atoms with Gasteiger partial charge in [-0.3, -0.25) is 9.59 Å². The fourth-order valence-electron chi connectivity index (χ4n) is 1.90. The number of ether oxygens (including phenoxy) is 1. The Morgan fingerprint density at radius 2 is 1.65 bits per heavy atom. The molecular weight excluding hydrogens is 262 g/mol. The largest absolute Gasteiger partial charge is 0.450 e. The van der Waals surface area contributed by atoms with Crippen LogP contribution in [-0.4, -0.2) is 67.0 Å². The molecule has 0 spiro atoms. The SMILES string of the molecule is CCCCNC(=O)C(=O)N1CCN(C(=O)OCC)CC1. The zero-order valence-electron chi connectivity index (χ0n) is 12.2. The van der Waals surface area contributed by atoms with Gasteiger partial charge in [-0.25, -0.2) is 4.79 Å². The predicted octanol–water partition coefficient (Wildman–Crippen LogP) is 0.203. The normalized spacial score (nSPS) is 14.9. The first-order valence-electron chi connectivity index (χ1n) is 7.09. The average Bonchev–Trinajstić information content (AvgIpc) is 2.47. The van der Waals surface area contributed by atoms with Gasteiger partial charge in [0.25, 0.3) is 0 Å². The molecule has 1 aliphatic heterocycles. The summed E-state index contributed by atoms with van der Waals surface area (Å²) in [6.07, 6.45) is 1.45. The third kappa shape index (κ3) is 4.71. The maximum Gasteiger partial charge on any atom is 0.409 e. The van der Waals surface area contributed by atoms with Gasteiger partial charge in [-0.2, -0.15) is 0 Å². The summed E-state index contributed by atoms with van der Waals surface area (Å²) in [5.74, 6) is -1.09. The van der Waals surface area contributed by atoms with Crippen LogP contribution in [0.1, 0.15) is 26.7 Å². The Hall–Kier alpha value is -1.79. The van der Waals surface area contributed by atoms with Gasteiger partial charge >= 0.3 is 17.9 Å². The molecule has 1 N–H and O–H groups in total. The lowest BCUT2D eigenvalue weighted by atomic mass is 10.3. The third-order valence-electron chi connectivity index (χ3n) is 3.10. The summed E-state index contributed by atoms with van der Waals surface area (Å²) in [6, 6.07) is 0. The number of hydrogen-bond acceptors (Lipinski definition) is 4. The highest BCUT2D eigenvalue weighted by molar-refractivity contribution is 6.35. The highest BCUT2D eigenvalue weighted by atomic mass is 16.6. The van der Waals surface area contributed by atoms with Gasteiger partial charge in [0.2, 0.25) is 0 Å². The lowest BCUT2D eigenvalue weighted by Gasteiger charge is -2.33. The van der Waals surface area contributed by atoms with E-state index in [-0.39, 0.29) is 6.09 Å². The Morgan fingerprint density at radius 1 is 1.05 bits per heavy atom. The van der Waals surface area contributed by atoms with Crippen LogP contribution < -0.4 is 5.32 Å². The summed E-state index contributed by atoms with van der Waals surface area (Å²) >= 11 is 0. The van der Waals surface area contributed by atoms with Gasteiger partial charge in [-0.1, -0.05) is 13.3 Å². The van der Waals surface area contributed by atoms with E-state index in [2.05, 4.69) is 5.32 Å². The maximum atomic E-state index is 11.9. The molecule has 0 aromatic carbocycles. The minimum absolute atomic E-state index is 0.331. The van der Waals surface area contributed by atoms with Crippen LogP contribution in [0.25, 0.3) is 0 Å². The fourth-order valence-corrected chi connectivity index (χ4v) is 1.90. The van der Waals surface area contributed by atoms with E-state index in [4.69, 9.17) is 4.74 Å². The summed E-state index contributed by atoms with van der Waals surface area (Å²) in [7, 11) is 0. The third-order valence-corrected chi connectivity index (χ3v) is 3.10. The van der Waals surface area contributed by atoms with Crippen LogP contribution in [0.2, 0.25) is 0 Å². The van der Waals surface area contributed by atoms with Crippen molar-refractivity contribution in [2.24, 2.45) is 0 Å². The Balaban J connectivity index is 2.35. The molecule has 0 aromatic heterocycles. The van der Waals surface area contributed by atoms with E-state index in [1.54, 1.807) is 11.8 Å². The minimum Gasteiger partial charge on any atom is -0.450 e. The van der Waals surface area contributed by atoms with Gasteiger partial charge in [0.05, 0.1) is 6.61 Å². The average molecular weight is 285 g/mol. The molecule has 0 radical (unpaired) electrons. The van der Waals surface area contributed by atoms with Crippen molar-refractivity contribution in [2.45, 2.75) is 26.7 Å². The Morgan fingerprint density at radius 3 is 2.20 bits per heavy atom. The lowest BCUT2D eigenvalue weighted by Crippen LogP contribution is -2.54. The van der Waals surface area contributed by atoms with Crippen LogP contribution in [0.5, 0.6) is 0 Å². The van der Waals surface area contributed by atoms with Crippen LogP contribution in [0.4, 0.5) is 4.79 Å². The molecule has 0 aromatic rings. The number of hydrogen-bond donors (Lipinski definition) is 1. The highest BCUT2D eigenvalue weighted by Crippen LogP contribution is 2.04. The molecule has 3 amide bonds. The summed E-state index contributed by atoms with van der Waals surface area (Å²) < 4.78 is 4.89. The first kappa shape index (κ1) is 16.3. The van der Waals surface area contributed by atoms with E-state index in [0.29, 0.717) is 39.3 Å².